The fourth-order valence-electron chi connectivity index (χ4n) is 1.95. The number of amides is 2. The van der Waals surface area contributed by atoms with Crippen LogP contribution in [-0.2, 0) is 11.2 Å². The fourth-order valence-corrected chi connectivity index (χ4v) is 1.95. The van der Waals surface area contributed by atoms with Gasteiger partial charge in [0.25, 0.3) is 0 Å². The molecule has 0 aromatic heterocycles. The van der Waals surface area contributed by atoms with Crippen molar-refractivity contribution in [3.05, 3.63) is 29.8 Å². The van der Waals surface area contributed by atoms with Crippen molar-refractivity contribution in [3.8, 4) is 0 Å². The molecule has 2 amide bonds. The zero-order valence-corrected chi connectivity index (χ0v) is 12.2. The smallest absolute Gasteiger partial charge is 0.322 e. The van der Waals surface area contributed by atoms with Crippen molar-refractivity contribution < 1.29 is 14.7 Å². The Kier molecular flexibility index (Phi) is 6.03. The first-order valence-corrected chi connectivity index (χ1v) is 6.86. The van der Waals surface area contributed by atoms with Gasteiger partial charge in [0.1, 0.15) is 0 Å². The van der Waals surface area contributed by atoms with Gasteiger partial charge in [-0.05, 0) is 38.0 Å². The quantitative estimate of drug-likeness (QED) is 0.840. The summed E-state index contributed by atoms with van der Waals surface area (Å²) in [6, 6.07) is 6.92. The molecule has 0 aliphatic rings. The molecule has 1 unspecified atom stereocenters. The third-order valence-electron chi connectivity index (χ3n) is 3.28. The lowest BCUT2D eigenvalue weighted by molar-refractivity contribution is -0.136. The number of hydrogen-bond donors (Lipinski definition) is 2. The lowest BCUT2D eigenvalue weighted by Crippen LogP contribution is -2.40. The molecule has 0 spiro atoms. The number of carboxylic acid groups (broad SMARTS) is 1. The van der Waals surface area contributed by atoms with Crippen molar-refractivity contribution in [2.75, 3.05) is 11.9 Å². The number of nitrogens with one attached hydrogen (secondary N) is 1. The molecule has 0 aliphatic heterocycles. The standard InChI is InChI=1S/C15H22N2O3/c1-4-11(3)17(5-2)15(20)16-13-8-6-12(7-9-13)10-14(18)19/h6-9,11H,4-5,10H2,1-3H3,(H,16,20)(H,18,19). The second kappa shape index (κ2) is 7.53. The van der Waals surface area contributed by atoms with Gasteiger partial charge in [-0.15, -0.1) is 0 Å². The highest BCUT2D eigenvalue weighted by atomic mass is 16.4. The summed E-state index contributed by atoms with van der Waals surface area (Å²) in [4.78, 5) is 24.5. The third kappa shape index (κ3) is 4.57. The molecular weight excluding hydrogens is 256 g/mol. The number of rotatable bonds is 6. The minimum Gasteiger partial charge on any atom is -0.481 e. The van der Waals surface area contributed by atoms with Crippen molar-refractivity contribution in [1.29, 1.82) is 0 Å². The van der Waals surface area contributed by atoms with Crippen LogP contribution in [0.4, 0.5) is 10.5 Å². The maximum absolute atomic E-state index is 12.1. The number of carbonyl (C=O) groups is 2. The molecule has 1 atom stereocenters. The van der Waals surface area contributed by atoms with E-state index >= 15 is 0 Å². The molecule has 110 valence electrons. The van der Waals surface area contributed by atoms with E-state index in [1.165, 1.54) is 0 Å². The highest BCUT2D eigenvalue weighted by molar-refractivity contribution is 5.89. The second-order valence-corrected chi connectivity index (χ2v) is 4.74. The lowest BCUT2D eigenvalue weighted by Gasteiger charge is -2.27. The largest absolute Gasteiger partial charge is 0.481 e. The molecule has 0 saturated carbocycles. The minimum atomic E-state index is -0.865. The predicted molar refractivity (Wildman–Crippen MR) is 78.9 cm³/mol. The van der Waals surface area contributed by atoms with E-state index in [1.54, 1.807) is 29.2 Å². The van der Waals surface area contributed by atoms with E-state index in [0.717, 1.165) is 6.42 Å². The molecule has 0 heterocycles. The van der Waals surface area contributed by atoms with Gasteiger partial charge in [-0.3, -0.25) is 4.79 Å². The molecule has 1 aromatic carbocycles. The van der Waals surface area contributed by atoms with Crippen LogP contribution < -0.4 is 5.32 Å². The van der Waals surface area contributed by atoms with Crippen LogP contribution in [0.25, 0.3) is 0 Å². The van der Waals surface area contributed by atoms with E-state index in [0.29, 0.717) is 17.8 Å². The fraction of sp³-hybridized carbons (Fsp3) is 0.467. The molecule has 0 aliphatic carbocycles. The van der Waals surface area contributed by atoms with Gasteiger partial charge >= 0.3 is 12.0 Å². The van der Waals surface area contributed by atoms with E-state index in [9.17, 15) is 9.59 Å². The summed E-state index contributed by atoms with van der Waals surface area (Å²) in [6.07, 6.45) is 0.890. The summed E-state index contributed by atoms with van der Waals surface area (Å²) in [6.45, 7) is 6.65. The molecule has 0 radical (unpaired) electrons. The van der Waals surface area contributed by atoms with E-state index in [1.807, 2.05) is 20.8 Å². The van der Waals surface area contributed by atoms with Crippen LogP contribution in [0.5, 0.6) is 0 Å². The molecule has 5 heteroatoms. The predicted octanol–water partition coefficient (Wildman–Crippen LogP) is 2.97. The molecule has 0 fully saturated rings. The normalized spacial score (nSPS) is 11.8. The van der Waals surface area contributed by atoms with Crippen molar-refractivity contribution in [1.82, 2.24) is 4.90 Å². The number of carbonyl (C=O) groups excluding carboxylic acids is 1. The second-order valence-electron chi connectivity index (χ2n) is 4.74. The monoisotopic (exact) mass is 278 g/mol. The van der Waals surface area contributed by atoms with Gasteiger partial charge in [0, 0.05) is 18.3 Å². The lowest BCUT2D eigenvalue weighted by atomic mass is 10.1. The van der Waals surface area contributed by atoms with Gasteiger partial charge in [0.2, 0.25) is 0 Å². The maximum Gasteiger partial charge on any atom is 0.322 e. The molecule has 1 aromatic rings. The molecule has 0 saturated heterocycles. The third-order valence-corrected chi connectivity index (χ3v) is 3.28. The van der Waals surface area contributed by atoms with Gasteiger partial charge in [0.15, 0.2) is 0 Å². The Morgan fingerprint density at radius 3 is 2.30 bits per heavy atom. The summed E-state index contributed by atoms with van der Waals surface area (Å²) < 4.78 is 0. The van der Waals surface area contributed by atoms with Crippen molar-refractivity contribution in [3.63, 3.8) is 0 Å². The van der Waals surface area contributed by atoms with Crippen molar-refractivity contribution in [2.45, 2.75) is 39.7 Å². The maximum atomic E-state index is 12.1. The van der Waals surface area contributed by atoms with Gasteiger partial charge in [-0.1, -0.05) is 19.1 Å². The van der Waals surface area contributed by atoms with Crippen LogP contribution in [0.2, 0.25) is 0 Å². The summed E-state index contributed by atoms with van der Waals surface area (Å²) in [5.74, 6) is -0.865. The Balaban J connectivity index is 2.68. The summed E-state index contributed by atoms with van der Waals surface area (Å²) >= 11 is 0. The van der Waals surface area contributed by atoms with Crippen molar-refractivity contribution >= 4 is 17.7 Å². The number of anilines is 1. The SMILES string of the molecule is CCC(C)N(CC)C(=O)Nc1ccc(CC(=O)O)cc1. The average Bonchev–Trinajstić information content (AvgIpc) is 2.41. The highest BCUT2D eigenvalue weighted by Gasteiger charge is 2.16. The van der Waals surface area contributed by atoms with Crippen LogP contribution >= 0.6 is 0 Å². The van der Waals surface area contributed by atoms with E-state index < -0.39 is 5.97 Å². The molecule has 20 heavy (non-hydrogen) atoms. The summed E-state index contributed by atoms with van der Waals surface area (Å²) in [7, 11) is 0. The number of urea groups is 1. The topological polar surface area (TPSA) is 69.6 Å². The Bertz CT molecular complexity index is 457. The zero-order chi connectivity index (χ0) is 15.1. The number of hydrogen-bond acceptors (Lipinski definition) is 2. The van der Waals surface area contributed by atoms with Crippen LogP contribution in [0.3, 0.4) is 0 Å². The van der Waals surface area contributed by atoms with Crippen LogP contribution in [0.15, 0.2) is 24.3 Å². The van der Waals surface area contributed by atoms with Crippen LogP contribution in [-0.4, -0.2) is 34.6 Å². The Labute approximate surface area is 119 Å². The average molecular weight is 278 g/mol. The Morgan fingerprint density at radius 2 is 1.85 bits per heavy atom. The van der Waals surface area contributed by atoms with E-state index in [2.05, 4.69) is 5.32 Å². The minimum absolute atomic E-state index is 0.0117. The Morgan fingerprint density at radius 1 is 1.25 bits per heavy atom. The molecule has 1 rings (SSSR count). The van der Waals surface area contributed by atoms with Crippen LogP contribution in [0, 0.1) is 0 Å². The molecular formula is C15H22N2O3. The van der Waals surface area contributed by atoms with Gasteiger partial charge in [-0.2, -0.15) is 0 Å². The number of carboxylic acids is 1. The van der Waals surface area contributed by atoms with Crippen molar-refractivity contribution in [2.24, 2.45) is 0 Å². The first kappa shape index (κ1) is 16.0. The van der Waals surface area contributed by atoms with Gasteiger partial charge in [0.05, 0.1) is 6.42 Å². The molecule has 2 N–H and O–H groups in total. The van der Waals surface area contributed by atoms with Gasteiger partial charge < -0.3 is 15.3 Å². The number of nitrogens with zero attached hydrogens (tertiary/aromatic N) is 1. The first-order valence-electron chi connectivity index (χ1n) is 6.86. The molecule has 0 bridgehead atoms. The summed E-state index contributed by atoms with van der Waals surface area (Å²) in [5, 5.41) is 11.5. The highest BCUT2D eigenvalue weighted by Crippen LogP contribution is 2.12. The van der Waals surface area contributed by atoms with Crippen LogP contribution in [0.1, 0.15) is 32.8 Å². The zero-order valence-electron chi connectivity index (χ0n) is 12.2. The van der Waals surface area contributed by atoms with Gasteiger partial charge in [-0.25, -0.2) is 4.79 Å². The number of benzene rings is 1. The summed E-state index contributed by atoms with van der Waals surface area (Å²) in [5.41, 5.74) is 1.38. The van der Waals surface area contributed by atoms with E-state index in [-0.39, 0.29) is 18.5 Å². The number of aliphatic carboxylic acids is 1. The molecule has 5 nitrogen and oxygen atoms in total. The van der Waals surface area contributed by atoms with E-state index in [4.69, 9.17) is 5.11 Å². The first-order chi connectivity index (χ1) is 9.47. The Hall–Kier alpha value is -2.04.